The van der Waals surface area contributed by atoms with E-state index in [0.29, 0.717) is 19.4 Å². The molecule has 0 aliphatic heterocycles. The molecule has 5 nitrogen and oxygen atoms in total. The Morgan fingerprint density at radius 1 is 1.04 bits per heavy atom. The highest BCUT2D eigenvalue weighted by Crippen LogP contribution is 2.13. The Labute approximate surface area is 166 Å². The van der Waals surface area contributed by atoms with Gasteiger partial charge in [-0.05, 0) is 55.5 Å². The number of carbonyl (C=O) groups excluding carboxylic acids is 1. The molecule has 152 valence electrons. The van der Waals surface area contributed by atoms with Gasteiger partial charge in [0.25, 0.3) is 0 Å². The van der Waals surface area contributed by atoms with E-state index in [2.05, 4.69) is 10.0 Å². The van der Waals surface area contributed by atoms with Gasteiger partial charge in [0.2, 0.25) is 15.9 Å². The van der Waals surface area contributed by atoms with E-state index >= 15 is 0 Å². The predicted molar refractivity (Wildman–Crippen MR) is 108 cm³/mol. The van der Waals surface area contributed by atoms with Gasteiger partial charge in [-0.15, -0.1) is 0 Å². The Morgan fingerprint density at radius 3 is 2.21 bits per heavy atom. The summed E-state index contributed by atoms with van der Waals surface area (Å²) in [6, 6.07) is 11.7. The number of hydrogen-bond acceptors (Lipinski definition) is 3. The maximum Gasteiger partial charge on any atom is 0.241 e. The largest absolute Gasteiger partial charge is 0.354 e. The molecule has 0 aromatic heterocycles. The summed E-state index contributed by atoms with van der Waals surface area (Å²) >= 11 is 0. The molecular weight excluding hydrogens is 379 g/mol. The van der Waals surface area contributed by atoms with Gasteiger partial charge in [0, 0.05) is 6.54 Å². The van der Waals surface area contributed by atoms with Gasteiger partial charge in [0.1, 0.15) is 11.9 Å². The fourth-order valence-electron chi connectivity index (χ4n) is 2.76. The second-order valence-corrected chi connectivity index (χ2v) is 9.00. The fraction of sp³-hybridized carbons (Fsp3) is 0.381. The average Bonchev–Trinajstić information content (AvgIpc) is 2.62. The highest BCUT2D eigenvalue weighted by atomic mass is 32.2. The van der Waals surface area contributed by atoms with Crippen molar-refractivity contribution in [3.8, 4) is 0 Å². The quantitative estimate of drug-likeness (QED) is 0.672. The molecule has 0 spiro atoms. The zero-order valence-corrected chi connectivity index (χ0v) is 17.2. The van der Waals surface area contributed by atoms with Crippen molar-refractivity contribution in [2.45, 2.75) is 44.6 Å². The summed E-state index contributed by atoms with van der Waals surface area (Å²) in [6.45, 7) is 6.07. The Balaban J connectivity index is 2.01. The lowest BCUT2D eigenvalue weighted by Gasteiger charge is -2.20. The van der Waals surface area contributed by atoms with E-state index in [0.717, 1.165) is 11.1 Å². The van der Waals surface area contributed by atoms with Crippen molar-refractivity contribution in [1.29, 1.82) is 0 Å². The SMILES string of the molecule is Cc1ccc(S(=O)(=O)NC(CC(C)C)C(=O)NCCc2ccc(F)cc2)cc1. The van der Waals surface area contributed by atoms with Crippen LogP contribution in [0.5, 0.6) is 0 Å². The van der Waals surface area contributed by atoms with Gasteiger partial charge >= 0.3 is 0 Å². The molecule has 2 aromatic rings. The van der Waals surface area contributed by atoms with Crippen LogP contribution < -0.4 is 10.0 Å². The first-order valence-electron chi connectivity index (χ1n) is 9.28. The Kier molecular flexibility index (Phi) is 7.71. The van der Waals surface area contributed by atoms with Crippen LogP contribution in [0.25, 0.3) is 0 Å². The smallest absolute Gasteiger partial charge is 0.241 e. The van der Waals surface area contributed by atoms with Gasteiger partial charge in [-0.25, -0.2) is 12.8 Å². The highest BCUT2D eigenvalue weighted by Gasteiger charge is 2.26. The van der Waals surface area contributed by atoms with Crippen LogP contribution >= 0.6 is 0 Å². The third-order valence-electron chi connectivity index (χ3n) is 4.28. The van der Waals surface area contributed by atoms with Gasteiger partial charge in [0.05, 0.1) is 4.90 Å². The first-order valence-corrected chi connectivity index (χ1v) is 10.8. The molecule has 0 fully saturated rings. The molecule has 28 heavy (non-hydrogen) atoms. The molecule has 1 atom stereocenters. The van der Waals surface area contributed by atoms with Crippen LogP contribution in [-0.4, -0.2) is 26.9 Å². The van der Waals surface area contributed by atoms with Crippen LogP contribution in [0.2, 0.25) is 0 Å². The number of aryl methyl sites for hydroxylation is 1. The minimum atomic E-state index is -3.80. The first kappa shape index (κ1) is 22.0. The van der Waals surface area contributed by atoms with Crippen molar-refractivity contribution in [3.63, 3.8) is 0 Å². The van der Waals surface area contributed by atoms with Crippen LogP contribution in [0.15, 0.2) is 53.4 Å². The molecule has 2 aromatic carbocycles. The summed E-state index contributed by atoms with van der Waals surface area (Å²) in [5, 5.41) is 2.77. The number of rotatable bonds is 9. The lowest BCUT2D eigenvalue weighted by Crippen LogP contribution is -2.47. The van der Waals surface area contributed by atoms with Gasteiger partial charge in [-0.2, -0.15) is 4.72 Å². The summed E-state index contributed by atoms with van der Waals surface area (Å²) in [6.07, 6.45) is 0.915. The van der Waals surface area contributed by atoms with E-state index in [9.17, 15) is 17.6 Å². The Hall–Kier alpha value is -2.25. The third-order valence-corrected chi connectivity index (χ3v) is 5.77. The maximum atomic E-state index is 12.9. The van der Waals surface area contributed by atoms with Crippen molar-refractivity contribution in [2.24, 2.45) is 5.92 Å². The van der Waals surface area contributed by atoms with Crippen LogP contribution in [0.1, 0.15) is 31.4 Å². The van der Waals surface area contributed by atoms with E-state index in [-0.39, 0.29) is 22.5 Å². The second kappa shape index (κ2) is 9.80. The number of benzene rings is 2. The number of sulfonamides is 1. The van der Waals surface area contributed by atoms with Crippen molar-refractivity contribution in [1.82, 2.24) is 10.0 Å². The van der Waals surface area contributed by atoms with Crippen LogP contribution in [0, 0.1) is 18.7 Å². The zero-order valence-electron chi connectivity index (χ0n) is 16.4. The van der Waals surface area contributed by atoms with E-state index < -0.39 is 16.1 Å². The van der Waals surface area contributed by atoms with Gasteiger partial charge in [-0.3, -0.25) is 4.79 Å². The summed E-state index contributed by atoms with van der Waals surface area (Å²) in [5.41, 5.74) is 1.85. The van der Waals surface area contributed by atoms with Gasteiger partial charge in [0.15, 0.2) is 0 Å². The molecule has 0 bridgehead atoms. The number of carbonyl (C=O) groups is 1. The van der Waals surface area contributed by atoms with Gasteiger partial charge < -0.3 is 5.32 Å². The van der Waals surface area contributed by atoms with E-state index in [4.69, 9.17) is 0 Å². The molecule has 0 aliphatic rings. The average molecular weight is 407 g/mol. The molecule has 0 aliphatic carbocycles. The molecule has 2 rings (SSSR count). The summed E-state index contributed by atoms with van der Waals surface area (Å²) in [5.74, 6) is -0.546. The minimum absolute atomic E-state index is 0.131. The number of hydrogen-bond donors (Lipinski definition) is 2. The van der Waals surface area contributed by atoms with E-state index in [1.165, 1.54) is 24.3 Å². The summed E-state index contributed by atoms with van der Waals surface area (Å²) in [7, 11) is -3.80. The topological polar surface area (TPSA) is 75.3 Å². The number of halogens is 1. The number of amides is 1. The van der Waals surface area contributed by atoms with Crippen molar-refractivity contribution < 1.29 is 17.6 Å². The van der Waals surface area contributed by atoms with Crippen molar-refractivity contribution in [3.05, 3.63) is 65.5 Å². The van der Waals surface area contributed by atoms with E-state index in [1.807, 2.05) is 20.8 Å². The summed E-state index contributed by atoms with van der Waals surface area (Å²) < 4.78 is 40.8. The fourth-order valence-corrected chi connectivity index (χ4v) is 3.97. The van der Waals surface area contributed by atoms with Crippen LogP contribution in [0.3, 0.4) is 0 Å². The molecule has 0 radical (unpaired) electrons. The van der Waals surface area contributed by atoms with Crippen molar-refractivity contribution >= 4 is 15.9 Å². The molecular formula is C21H27FN2O3S. The molecule has 0 heterocycles. The Bertz CT molecular complexity index is 879. The summed E-state index contributed by atoms with van der Waals surface area (Å²) in [4.78, 5) is 12.7. The van der Waals surface area contributed by atoms with E-state index in [1.54, 1.807) is 24.3 Å². The maximum absolute atomic E-state index is 12.9. The first-order chi connectivity index (χ1) is 13.2. The van der Waals surface area contributed by atoms with Crippen LogP contribution in [0.4, 0.5) is 4.39 Å². The standard InChI is InChI=1S/C21H27FN2O3S/c1-15(2)14-20(24-28(26,27)19-10-4-16(3)5-11-19)21(25)23-13-12-17-6-8-18(22)9-7-17/h4-11,15,20,24H,12-14H2,1-3H3,(H,23,25). The van der Waals surface area contributed by atoms with Gasteiger partial charge in [-0.1, -0.05) is 43.7 Å². The lowest BCUT2D eigenvalue weighted by atomic mass is 10.0. The second-order valence-electron chi connectivity index (χ2n) is 7.28. The molecule has 0 saturated heterocycles. The predicted octanol–water partition coefficient (Wildman–Crippen LogP) is 3.19. The number of nitrogens with one attached hydrogen (secondary N) is 2. The normalized spacial score (nSPS) is 12.8. The molecule has 0 saturated carbocycles. The highest BCUT2D eigenvalue weighted by molar-refractivity contribution is 7.89. The molecule has 1 amide bonds. The van der Waals surface area contributed by atoms with Crippen LogP contribution in [-0.2, 0) is 21.2 Å². The van der Waals surface area contributed by atoms with Crippen molar-refractivity contribution in [2.75, 3.05) is 6.54 Å². The Morgan fingerprint density at radius 2 is 1.64 bits per heavy atom. The lowest BCUT2D eigenvalue weighted by molar-refractivity contribution is -0.123. The molecule has 2 N–H and O–H groups in total. The minimum Gasteiger partial charge on any atom is -0.354 e. The monoisotopic (exact) mass is 406 g/mol. The molecule has 1 unspecified atom stereocenters. The third kappa shape index (κ3) is 6.73. The molecule has 7 heteroatoms. The zero-order chi connectivity index (χ0) is 20.7.